The number of aromatic nitrogens is 1. The first-order chi connectivity index (χ1) is 14.1. The Kier molecular flexibility index (Phi) is 5.64. The van der Waals surface area contributed by atoms with Crippen LogP contribution >= 0.6 is 0 Å². The molecule has 0 bridgehead atoms. The summed E-state index contributed by atoms with van der Waals surface area (Å²) in [4.78, 5) is 37.1. The molecule has 7 nitrogen and oxygen atoms in total. The van der Waals surface area contributed by atoms with Crippen LogP contribution in [0.3, 0.4) is 0 Å². The third kappa shape index (κ3) is 4.34. The van der Waals surface area contributed by atoms with Gasteiger partial charge in [0, 0.05) is 71.2 Å². The number of rotatable bonds is 3. The van der Waals surface area contributed by atoms with Crippen LogP contribution in [0.5, 0.6) is 0 Å². The van der Waals surface area contributed by atoms with Gasteiger partial charge in [0.25, 0.3) is 5.91 Å². The second-order valence-electron chi connectivity index (χ2n) is 7.51. The number of amides is 2. The van der Waals surface area contributed by atoms with Gasteiger partial charge in [-0.1, -0.05) is 18.2 Å². The summed E-state index contributed by atoms with van der Waals surface area (Å²) in [6.07, 6.45) is 1.68. The summed E-state index contributed by atoms with van der Waals surface area (Å²) in [6, 6.07) is 14.1. The van der Waals surface area contributed by atoms with Crippen molar-refractivity contribution in [3.63, 3.8) is 0 Å². The Balaban J connectivity index is 1.32. The number of benzene rings is 1. The number of anilines is 2. The minimum atomic E-state index is 0.0400. The zero-order chi connectivity index (χ0) is 20.2. The van der Waals surface area contributed by atoms with Crippen molar-refractivity contribution in [1.82, 2.24) is 14.8 Å². The molecule has 0 atom stereocenters. The van der Waals surface area contributed by atoms with Gasteiger partial charge in [0.05, 0.1) is 5.56 Å². The van der Waals surface area contributed by atoms with Gasteiger partial charge in [0.15, 0.2) is 0 Å². The van der Waals surface area contributed by atoms with E-state index >= 15 is 0 Å². The van der Waals surface area contributed by atoms with Gasteiger partial charge >= 0.3 is 0 Å². The van der Waals surface area contributed by atoms with E-state index in [1.54, 1.807) is 13.1 Å². The number of carbonyl (C=O) groups excluding carboxylic acids is 2. The Bertz CT molecular complexity index is 839. The Morgan fingerprint density at radius 1 is 0.759 bits per heavy atom. The number of pyridine rings is 1. The van der Waals surface area contributed by atoms with Gasteiger partial charge in [-0.05, 0) is 24.3 Å². The van der Waals surface area contributed by atoms with Crippen LogP contribution in [0, 0.1) is 0 Å². The van der Waals surface area contributed by atoms with E-state index in [1.165, 1.54) is 5.69 Å². The first-order valence-corrected chi connectivity index (χ1v) is 10.2. The molecule has 2 amide bonds. The highest BCUT2D eigenvalue weighted by Gasteiger charge is 2.23. The summed E-state index contributed by atoms with van der Waals surface area (Å²) in [6.45, 7) is 7.65. The second-order valence-corrected chi connectivity index (χ2v) is 7.51. The minimum Gasteiger partial charge on any atom is -0.368 e. The molecule has 0 spiro atoms. The van der Waals surface area contributed by atoms with E-state index in [2.05, 4.69) is 26.9 Å². The smallest absolute Gasteiger partial charge is 0.255 e. The summed E-state index contributed by atoms with van der Waals surface area (Å²) in [5, 5.41) is 0. The monoisotopic (exact) mass is 393 g/mol. The number of para-hydroxylation sites is 1. The largest absolute Gasteiger partial charge is 0.368 e. The predicted octanol–water partition coefficient (Wildman–Crippen LogP) is 1.71. The predicted molar refractivity (Wildman–Crippen MR) is 113 cm³/mol. The minimum absolute atomic E-state index is 0.0400. The third-order valence-electron chi connectivity index (χ3n) is 5.73. The number of carbonyl (C=O) groups is 2. The SMILES string of the molecule is CC(=O)N1CCN(c2ccc(C(=O)N3CCN(c4ccccc4)CC3)cn2)CC1. The topological polar surface area (TPSA) is 60.0 Å². The summed E-state index contributed by atoms with van der Waals surface area (Å²) in [5.74, 6) is 1.02. The summed E-state index contributed by atoms with van der Waals surface area (Å²) < 4.78 is 0. The van der Waals surface area contributed by atoms with Gasteiger partial charge in [-0.3, -0.25) is 9.59 Å². The fourth-order valence-corrected chi connectivity index (χ4v) is 3.94. The zero-order valence-electron chi connectivity index (χ0n) is 16.8. The van der Waals surface area contributed by atoms with Crippen LogP contribution in [-0.2, 0) is 4.79 Å². The molecule has 4 rings (SSSR count). The lowest BCUT2D eigenvalue weighted by molar-refractivity contribution is -0.129. The molecule has 0 N–H and O–H groups in total. The Hall–Kier alpha value is -3.09. The Labute approximate surface area is 171 Å². The molecule has 29 heavy (non-hydrogen) atoms. The number of nitrogens with zero attached hydrogens (tertiary/aromatic N) is 5. The molecule has 7 heteroatoms. The molecule has 0 aliphatic carbocycles. The van der Waals surface area contributed by atoms with E-state index in [0.29, 0.717) is 31.7 Å². The Morgan fingerprint density at radius 2 is 1.38 bits per heavy atom. The van der Waals surface area contributed by atoms with E-state index in [4.69, 9.17) is 0 Å². The van der Waals surface area contributed by atoms with Crippen LogP contribution in [0.2, 0.25) is 0 Å². The molecule has 2 aliphatic heterocycles. The highest BCUT2D eigenvalue weighted by molar-refractivity contribution is 5.94. The summed E-state index contributed by atoms with van der Waals surface area (Å²) >= 11 is 0. The lowest BCUT2D eigenvalue weighted by Gasteiger charge is -2.36. The van der Waals surface area contributed by atoms with Crippen molar-refractivity contribution in [3.05, 3.63) is 54.2 Å². The quantitative estimate of drug-likeness (QED) is 0.795. The molecule has 0 saturated carbocycles. The molecule has 2 saturated heterocycles. The molecule has 0 radical (unpaired) electrons. The van der Waals surface area contributed by atoms with Crippen LogP contribution < -0.4 is 9.80 Å². The maximum absolute atomic E-state index is 12.9. The highest BCUT2D eigenvalue weighted by Crippen LogP contribution is 2.18. The van der Waals surface area contributed by atoms with Crippen molar-refractivity contribution >= 4 is 23.3 Å². The van der Waals surface area contributed by atoms with Crippen LogP contribution in [-0.4, -0.2) is 79.0 Å². The van der Waals surface area contributed by atoms with E-state index in [-0.39, 0.29) is 11.8 Å². The molecular weight excluding hydrogens is 366 g/mol. The van der Waals surface area contributed by atoms with Crippen molar-refractivity contribution in [1.29, 1.82) is 0 Å². The molecule has 3 heterocycles. The van der Waals surface area contributed by atoms with Crippen LogP contribution in [0.4, 0.5) is 11.5 Å². The van der Waals surface area contributed by atoms with Crippen LogP contribution in [0.15, 0.2) is 48.7 Å². The number of piperazine rings is 2. The van der Waals surface area contributed by atoms with Crippen LogP contribution in [0.25, 0.3) is 0 Å². The lowest BCUT2D eigenvalue weighted by Crippen LogP contribution is -2.49. The van der Waals surface area contributed by atoms with E-state index < -0.39 is 0 Å². The Morgan fingerprint density at radius 3 is 1.97 bits per heavy atom. The highest BCUT2D eigenvalue weighted by atomic mass is 16.2. The fourth-order valence-electron chi connectivity index (χ4n) is 3.94. The van der Waals surface area contributed by atoms with Gasteiger partial charge in [-0.25, -0.2) is 4.98 Å². The average Bonchev–Trinajstić information content (AvgIpc) is 2.79. The van der Waals surface area contributed by atoms with Crippen LogP contribution in [0.1, 0.15) is 17.3 Å². The first kappa shape index (κ1) is 19.2. The summed E-state index contributed by atoms with van der Waals surface area (Å²) in [7, 11) is 0. The van der Waals surface area contributed by atoms with Gasteiger partial charge in [-0.15, -0.1) is 0 Å². The third-order valence-corrected chi connectivity index (χ3v) is 5.73. The molecule has 1 aromatic heterocycles. The van der Waals surface area contributed by atoms with Crippen molar-refractivity contribution in [3.8, 4) is 0 Å². The number of hydrogen-bond acceptors (Lipinski definition) is 5. The van der Waals surface area contributed by atoms with Crippen molar-refractivity contribution < 1.29 is 9.59 Å². The molecule has 1 aromatic carbocycles. The maximum Gasteiger partial charge on any atom is 0.255 e. The van der Waals surface area contributed by atoms with Gasteiger partial charge in [0.1, 0.15) is 5.82 Å². The number of hydrogen-bond donors (Lipinski definition) is 0. The van der Waals surface area contributed by atoms with E-state index in [9.17, 15) is 9.59 Å². The van der Waals surface area contributed by atoms with Gasteiger partial charge < -0.3 is 19.6 Å². The van der Waals surface area contributed by atoms with Crippen molar-refractivity contribution in [2.75, 3.05) is 62.2 Å². The zero-order valence-corrected chi connectivity index (χ0v) is 16.8. The van der Waals surface area contributed by atoms with Gasteiger partial charge in [-0.2, -0.15) is 0 Å². The molecule has 2 aliphatic rings. The molecule has 0 unspecified atom stereocenters. The van der Waals surface area contributed by atoms with E-state index in [1.807, 2.05) is 40.1 Å². The normalized spacial score (nSPS) is 17.4. The second kappa shape index (κ2) is 8.51. The maximum atomic E-state index is 12.9. The fraction of sp³-hybridized carbons (Fsp3) is 0.409. The molecule has 152 valence electrons. The summed E-state index contributed by atoms with van der Waals surface area (Å²) in [5.41, 5.74) is 1.83. The van der Waals surface area contributed by atoms with E-state index in [0.717, 1.165) is 32.0 Å². The van der Waals surface area contributed by atoms with Crippen molar-refractivity contribution in [2.45, 2.75) is 6.92 Å². The molecule has 2 aromatic rings. The van der Waals surface area contributed by atoms with Gasteiger partial charge in [0.2, 0.25) is 5.91 Å². The van der Waals surface area contributed by atoms with Crippen molar-refractivity contribution in [2.24, 2.45) is 0 Å². The molecule has 2 fully saturated rings. The first-order valence-electron chi connectivity index (χ1n) is 10.2. The lowest BCUT2D eigenvalue weighted by atomic mass is 10.2. The average molecular weight is 393 g/mol. The standard InChI is InChI=1S/C22H27N5O2/c1-18(28)24-9-13-26(14-10-24)21-8-7-19(17-23-21)22(29)27-15-11-25(12-16-27)20-5-3-2-4-6-20/h2-8,17H,9-16H2,1H3. The molecular formula is C22H27N5O2.